The molecule has 27 heavy (non-hydrogen) atoms. The van der Waals surface area contributed by atoms with E-state index in [-0.39, 0.29) is 6.61 Å². The number of halogens is 1. The van der Waals surface area contributed by atoms with Gasteiger partial charge in [0.05, 0.1) is 11.1 Å². The maximum absolute atomic E-state index is 12.2. The van der Waals surface area contributed by atoms with E-state index in [0.29, 0.717) is 34.1 Å². The lowest BCUT2D eigenvalue weighted by molar-refractivity contribution is -0.123. The third kappa shape index (κ3) is 6.94. The van der Waals surface area contributed by atoms with Crippen molar-refractivity contribution >= 4 is 27.7 Å². The van der Waals surface area contributed by atoms with Gasteiger partial charge in [-0.05, 0) is 64.7 Å². The Labute approximate surface area is 167 Å². The van der Waals surface area contributed by atoms with Crippen molar-refractivity contribution in [2.75, 3.05) is 13.2 Å². The molecule has 2 aromatic carbocycles. The fourth-order valence-corrected chi connectivity index (χ4v) is 2.60. The fraction of sp³-hybridized carbons (Fsp3) is 0.300. The van der Waals surface area contributed by atoms with Crippen molar-refractivity contribution in [2.24, 2.45) is 5.92 Å². The third-order valence-corrected chi connectivity index (χ3v) is 4.06. The molecule has 2 rings (SSSR count). The number of aryl methyl sites for hydroxylation is 1. The summed E-state index contributed by atoms with van der Waals surface area (Å²) in [5.74, 6) is 0.765. The molecule has 2 N–H and O–H groups in total. The number of hydrogen-bond donors (Lipinski definition) is 2. The molecule has 0 aliphatic carbocycles. The number of amides is 2. The molecule has 0 aliphatic heterocycles. The van der Waals surface area contributed by atoms with E-state index < -0.39 is 11.8 Å². The second-order valence-corrected chi connectivity index (χ2v) is 7.31. The number of carbonyl (C=O) groups is 2. The van der Waals surface area contributed by atoms with E-state index in [4.69, 9.17) is 9.47 Å². The molecule has 0 spiro atoms. The van der Waals surface area contributed by atoms with Crippen LogP contribution in [0.4, 0.5) is 0 Å². The van der Waals surface area contributed by atoms with Gasteiger partial charge in [0, 0.05) is 5.56 Å². The van der Waals surface area contributed by atoms with E-state index in [0.717, 1.165) is 5.56 Å². The minimum atomic E-state index is -0.458. The van der Waals surface area contributed by atoms with Crippen LogP contribution in [0.2, 0.25) is 0 Å². The average Bonchev–Trinajstić information content (AvgIpc) is 2.63. The molecule has 0 unspecified atom stereocenters. The lowest BCUT2D eigenvalue weighted by atomic mass is 10.2. The van der Waals surface area contributed by atoms with E-state index in [1.807, 2.05) is 25.1 Å². The van der Waals surface area contributed by atoms with E-state index in [1.54, 1.807) is 24.3 Å². The van der Waals surface area contributed by atoms with Crippen molar-refractivity contribution in [2.45, 2.75) is 20.8 Å². The summed E-state index contributed by atoms with van der Waals surface area (Å²) in [5.41, 5.74) is 6.12. The molecule has 0 bridgehead atoms. The predicted octanol–water partition coefficient (Wildman–Crippen LogP) is 3.63. The molecular weight excluding hydrogens is 412 g/mol. The maximum atomic E-state index is 12.2. The Kier molecular flexibility index (Phi) is 7.67. The first kappa shape index (κ1) is 20.8. The molecule has 2 aromatic rings. The number of rotatable bonds is 7. The molecule has 6 nitrogen and oxygen atoms in total. The summed E-state index contributed by atoms with van der Waals surface area (Å²) in [6, 6.07) is 12.3. The van der Waals surface area contributed by atoms with Gasteiger partial charge in [-0.1, -0.05) is 26.0 Å². The number of hydrazine groups is 1. The molecule has 0 saturated heterocycles. The second-order valence-electron chi connectivity index (χ2n) is 6.46. The zero-order valence-electron chi connectivity index (χ0n) is 15.5. The third-order valence-electron chi connectivity index (χ3n) is 3.44. The van der Waals surface area contributed by atoms with Crippen molar-refractivity contribution in [3.05, 3.63) is 58.1 Å². The minimum absolute atomic E-state index is 0.199. The molecule has 0 atom stereocenters. The zero-order chi connectivity index (χ0) is 19.8. The van der Waals surface area contributed by atoms with Gasteiger partial charge in [-0.3, -0.25) is 20.4 Å². The Balaban J connectivity index is 1.82. The van der Waals surface area contributed by atoms with Crippen molar-refractivity contribution < 1.29 is 19.1 Å². The Hall–Kier alpha value is -2.54. The Morgan fingerprint density at radius 3 is 2.52 bits per heavy atom. The van der Waals surface area contributed by atoms with Gasteiger partial charge in [-0.15, -0.1) is 0 Å². The summed E-state index contributed by atoms with van der Waals surface area (Å²) in [5, 5.41) is 0. The Bertz CT molecular complexity index is 808. The largest absolute Gasteiger partial charge is 0.492 e. The fourth-order valence-electron chi connectivity index (χ4n) is 2.10. The van der Waals surface area contributed by atoms with Gasteiger partial charge in [-0.2, -0.15) is 0 Å². The number of carbonyl (C=O) groups excluding carboxylic acids is 2. The summed E-state index contributed by atoms with van der Waals surface area (Å²) in [6.07, 6.45) is 0. The van der Waals surface area contributed by atoms with Crippen LogP contribution in [0.5, 0.6) is 11.5 Å². The molecule has 0 radical (unpaired) electrons. The first-order valence-corrected chi connectivity index (χ1v) is 9.35. The van der Waals surface area contributed by atoms with Crippen LogP contribution in [0.25, 0.3) is 0 Å². The van der Waals surface area contributed by atoms with Crippen LogP contribution in [0.1, 0.15) is 29.8 Å². The van der Waals surface area contributed by atoms with E-state index in [9.17, 15) is 9.59 Å². The van der Waals surface area contributed by atoms with Crippen LogP contribution in [0.15, 0.2) is 46.9 Å². The van der Waals surface area contributed by atoms with Gasteiger partial charge in [-0.25, -0.2) is 0 Å². The van der Waals surface area contributed by atoms with Crippen molar-refractivity contribution in [1.82, 2.24) is 10.9 Å². The summed E-state index contributed by atoms with van der Waals surface area (Å²) < 4.78 is 11.7. The van der Waals surface area contributed by atoms with Crippen LogP contribution in [0.3, 0.4) is 0 Å². The average molecular weight is 435 g/mol. The molecule has 2 amide bonds. The van der Waals surface area contributed by atoms with Crippen molar-refractivity contribution in [3.8, 4) is 11.5 Å². The van der Waals surface area contributed by atoms with E-state index in [2.05, 4.69) is 40.6 Å². The summed E-state index contributed by atoms with van der Waals surface area (Å²) in [4.78, 5) is 24.0. The van der Waals surface area contributed by atoms with Gasteiger partial charge in [0.15, 0.2) is 6.61 Å². The highest BCUT2D eigenvalue weighted by molar-refractivity contribution is 9.10. The quantitative estimate of drug-likeness (QED) is 0.652. The number of ether oxygens (including phenoxy) is 2. The lowest BCUT2D eigenvalue weighted by Crippen LogP contribution is -2.43. The molecule has 0 saturated carbocycles. The van der Waals surface area contributed by atoms with Crippen molar-refractivity contribution in [1.29, 1.82) is 0 Å². The van der Waals surface area contributed by atoms with Gasteiger partial charge < -0.3 is 9.47 Å². The Morgan fingerprint density at radius 2 is 1.85 bits per heavy atom. The zero-order valence-corrected chi connectivity index (χ0v) is 17.1. The number of benzene rings is 2. The minimum Gasteiger partial charge on any atom is -0.492 e. The first-order valence-electron chi connectivity index (χ1n) is 8.56. The SMILES string of the molecule is Cc1cccc(OCC(=O)NNC(=O)c2ccc(OCC(C)C)c(Br)c2)c1. The van der Waals surface area contributed by atoms with Gasteiger partial charge in [0.25, 0.3) is 11.8 Å². The highest BCUT2D eigenvalue weighted by Crippen LogP contribution is 2.26. The molecule has 0 aromatic heterocycles. The Morgan fingerprint density at radius 1 is 1.07 bits per heavy atom. The van der Waals surface area contributed by atoms with Crippen molar-refractivity contribution in [3.63, 3.8) is 0 Å². The monoisotopic (exact) mass is 434 g/mol. The summed E-state index contributed by atoms with van der Waals surface area (Å²) >= 11 is 3.39. The highest BCUT2D eigenvalue weighted by Gasteiger charge is 2.11. The van der Waals surface area contributed by atoms with Crippen LogP contribution in [0, 0.1) is 12.8 Å². The maximum Gasteiger partial charge on any atom is 0.276 e. The smallest absolute Gasteiger partial charge is 0.276 e. The van der Waals surface area contributed by atoms with Crippen LogP contribution in [-0.4, -0.2) is 25.0 Å². The van der Waals surface area contributed by atoms with Gasteiger partial charge in [0.1, 0.15) is 11.5 Å². The molecule has 7 heteroatoms. The predicted molar refractivity (Wildman–Crippen MR) is 107 cm³/mol. The molecule has 0 heterocycles. The van der Waals surface area contributed by atoms with Crippen LogP contribution < -0.4 is 20.3 Å². The standard InChI is InChI=1S/C20H23BrN2O4/c1-13(2)11-27-18-8-7-15(10-17(18)21)20(25)23-22-19(24)12-26-16-6-4-5-14(3)9-16/h4-10,13H,11-12H2,1-3H3,(H,22,24)(H,23,25). The topological polar surface area (TPSA) is 76.7 Å². The lowest BCUT2D eigenvalue weighted by Gasteiger charge is -2.12. The van der Waals surface area contributed by atoms with Crippen LogP contribution >= 0.6 is 15.9 Å². The van der Waals surface area contributed by atoms with E-state index >= 15 is 0 Å². The number of nitrogens with one attached hydrogen (secondary N) is 2. The van der Waals surface area contributed by atoms with Gasteiger partial charge in [0.2, 0.25) is 0 Å². The number of hydrogen-bond acceptors (Lipinski definition) is 4. The van der Waals surface area contributed by atoms with Gasteiger partial charge >= 0.3 is 0 Å². The summed E-state index contributed by atoms with van der Waals surface area (Å²) in [6.45, 7) is 6.43. The second kappa shape index (κ2) is 9.97. The molecular formula is C20H23BrN2O4. The molecule has 144 valence electrons. The first-order chi connectivity index (χ1) is 12.8. The summed E-state index contributed by atoms with van der Waals surface area (Å²) in [7, 11) is 0. The molecule has 0 aliphatic rings. The van der Waals surface area contributed by atoms with Crippen LogP contribution in [-0.2, 0) is 4.79 Å². The molecule has 0 fully saturated rings. The van der Waals surface area contributed by atoms with E-state index in [1.165, 1.54) is 0 Å². The normalized spacial score (nSPS) is 10.4. The highest BCUT2D eigenvalue weighted by atomic mass is 79.9.